The van der Waals surface area contributed by atoms with Crippen LogP contribution in [-0.2, 0) is 5.54 Å². The summed E-state index contributed by atoms with van der Waals surface area (Å²) in [6, 6.07) is 10.7. The standard InChI is InChI=1S/C25H45NO/c1-4-5-6-7-8-9-10-11-12-13-14-18-21-25(22-23-27,26(2)3)24-19-16-15-17-20-24/h15-17,19-20,27H,4-14,18,21-23H2,1-3H3. The molecule has 0 aromatic heterocycles. The van der Waals surface area contributed by atoms with Crippen LogP contribution in [0.5, 0.6) is 0 Å². The first-order valence-corrected chi connectivity index (χ1v) is 11.5. The van der Waals surface area contributed by atoms with E-state index in [0.29, 0.717) is 0 Å². The van der Waals surface area contributed by atoms with Crippen LogP contribution in [0, 0.1) is 0 Å². The van der Waals surface area contributed by atoms with Gasteiger partial charge in [0.25, 0.3) is 0 Å². The molecular formula is C25H45NO. The van der Waals surface area contributed by atoms with Crippen LogP contribution in [0.1, 0.15) is 102 Å². The zero-order valence-corrected chi connectivity index (χ0v) is 18.4. The Morgan fingerprint density at radius 3 is 1.63 bits per heavy atom. The molecule has 0 aliphatic heterocycles. The SMILES string of the molecule is CCCCCCCCCCCCCCC(CCO)(c1ccccc1)N(C)C. The number of hydrogen-bond acceptors (Lipinski definition) is 2. The van der Waals surface area contributed by atoms with Gasteiger partial charge in [-0.25, -0.2) is 0 Å². The molecule has 1 aromatic rings. The zero-order chi connectivity index (χ0) is 19.8. The highest BCUT2D eigenvalue weighted by Crippen LogP contribution is 2.35. The first-order valence-electron chi connectivity index (χ1n) is 11.5. The predicted octanol–water partition coefficient (Wildman–Crippen LogP) is 6.92. The zero-order valence-electron chi connectivity index (χ0n) is 18.4. The molecule has 0 bridgehead atoms. The summed E-state index contributed by atoms with van der Waals surface area (Å²) in [5.74, 6) is 0. The van der Waals surface area contributed by atoms with Crippen molar-refractivity contribution in [1.82, 2.24) is 4.90 Å². The van der Waals surface area contributed by atoms with Gasteiger partial charge in [0.05, 0.1) is 0 Å². The van der Waals surface area contributed by atoms with Crippen molar-refractivity contribution < 1.29 is 5.11 Å². The molecule has 1 unspecified atom stereocenters. The molecule has 0 saturated carbocycles. The minimum absolute atomic E-state index is 0.0332. The molecule has 1 N–H and O–H groups in total. The normalized spacial score (nSPS) is 13.8. The van der Waals surface area contributed by atoms with Crippen molar-refractivity contribution >= 4 is 0 Å². The van der Waals surface area contributed by atoms with E-state index in [0.717, 1.165) is 12.8 Å². The van der Waals surface area contributed by atoms with Gasteiger partial charge in [0, 0.05) is 12.1 Å². The van der Waals surface area contributed by atoms with Crippen molar-refractivity contribution in [2.75, 3.05) is 20.7 Å². The van der Waals surface area contributed by atoms with Gasteiger partial charge in [-0.3, -0.25) is 4.90 Å². The highest BCUT2D eigenvalue weighted by Gasteiger charge is 2.33. The molecule has 1 aromatic carbocycles. The first kappa shape index (κ1) is 24.2. The number of rotatable bonds is 17. The molecule has 0 fully saturated rings. The second kappa shape index (κ2) is 15.1. The fourth-order valence-corrected chi connectivity index (χ4v) is 4.31. The van der Waals surface area contributed by atoms with Crippen LogP contribution >= 0.6 is 0 Å². The maximum Gasteiger partial charge on any atom is 0.0476 e. The van der Waals surface area contributed by atoms with Crippen molar-refractivity contribution in [1.29, 1.82) is 0 Å². The highest BCUT2D eigenvalue weighted by atomic mass is 16.3. The van der Waals surface area contributed by atoms with E-state index in [1.165, 1.54) is 82.6 Å². The van der Waals surface area contributed by atoms with E-state index < -0.39 is 0 Å². The number of hydrogen-bond donors (Lipinski definition) is 1. The van der Waals surface area contributed by atoms with E-state index in [-0.39, 0.29) is 12.1 Å². The predicted molar refractivity (Wildman–Crippen MR) is 119 cm³/mol. The van der Waals surface area contributed by atoms with Gasteiger partial charge in [0.1, 0.15) is 0 Å². The van der Waals surface area contributed by atoms with E-state index >= 15 is 0 Å². The lowest BCUT2D eigenvalue weighted by atomic mass is 9.81. The molecular weight excluding hydrogens is 330 g/mol. The molecule has 0 aliphatic rings. The summed E-state index contributed by atoms with van der Waals surface area (Å²) in [7, 11) is 4.31. The molecule has 1 atom stereocenters. The Morgan fingerprint density at radius 1 is 0.704 bits per heavy atom. The lowest BCUT2D eigenvalue weighted by Gasteiger charge is -2.40. The monoisotopic (exact) mass is 375 g/mol. The van der Waals surface area contributed by atoms with Crippen LogP contribution < -0.4 is 0 Å². The van der Waals surface area contributed by atoms with Crippen molar-refractivity contribution in [2.45, 2.75) is 102 Å². The van der Waals surface area contributed by atoms with Gasteiger partial charge in [0.15, 0.2) is 0 Å². The number of nitrogens with zero attached hydrogens (tertiary/aromatic N) is 1. The van der Waals surface area contributed by atoms with Crippen LogP contribution in [-0.4, -0.2) is 30.7 Å². The van der Waals surface area contributed by atoms with Gasteiger partial charge in [-0.2, -0.15) is 0 Å². The summed E-state index contributed by atoms with van der Waals surface area (Å²) in [6.07, 6.45) is 18.5. The third-order valence-corrected chi connectivity index (χ3v) is 6.14. The Kier molecular flexibility index (Phi) is 13.5. The first-order chi connectivity index (χ1) is 13.2. The number of aliphatic hydroxyl groups is 1. The molecule has 27 heavy (non-hydrogen) atoms. The van der Waals surface area contributed by atoms with Crippen LogP contribution in [0.2, 0.25) is 0 Å². The minimum atomic E-state index is -0.0332. The topological polar surface area (TPSA) is 23.5 Å². The van der Waals surface area contributed by atoms with Crippen LogP contribution in [0.25, 0.3) is 0 Å². The Labute approximate surface area is 169 Å². The second-order valence-corrected chi connectivity index (χ2v) is 8.40. The summed E-state index contributed by atoms with van der Waals surface area (Å²) >= 11 is 0. The number of aliphatic hydroxyl groups excluding tert-OH is 1. The number of benzene rings is 1. The van der Waals surface area contributed by atoms with E-state index in [2.05, 4.69) is 56.3 Å². The quantitative estimate of drug-likeness (QED) is 0.299. The molecule has 0 aliphatic carbocycles. The van der Waals surface area contributed by atoms with Crippen LogP contribution in [0.4, 0.5) is 0 Å². The summed E-state index contributed by atoms with van der Waals surface area (Å²) in [5.41, 5.74) is 1.31. The molecule has 0 spiro atoms. The summed E-state index contributed by atoms with van der Waals surface area (Å²) in [5, 5.41) is 9.68. The van der Waals surface area contributed by atoms with Crippen LogP contribution in [0.15, 0.2) is 30.3 Å². The largest absolute Gasteiger partial charge is 0.396 e. The molecule has 0 radical (unpaired) electrons. The van der Waals surface area contributed by atoms with E-state index in [9.17, 15) is 5.11 Å². The fraction of sp³-hybridized carbons (Fsp3) is 0.760. The van der Waals surface area contributed by atoms with Gasteiger partial charge in [-0.1, -0.05) is 114 Å². The molecule has 1 rings (SSSR count). The van der Waals surface area contributed by atoms with E-state index in [1.807, 2.05) is 0 Å². The highest BCUT2D eigenvalue weighted by molar-refractivity contribution is 5.24. The maximum absolute atomic E-state index is 9.68. The fourth-order valence-electron chi connectivity index (χ4n) is 4.31. The van der Waals surface area contributed by atoms with Crippen molar-refractivity contribution in [3.8, 4) is 0 Å². The molecule has 156 valence electrons. The van der Waals surface area contributed by atoms with Crippen molar-refractivity contribution in [3.63, 3.8) is 0 Å². The number of unbranched alkanes of at least 4 members (excludes halogenated alkanes) is 11. The minimum Gasteiger partial charge on any atom is -0.396 e. The van der Waals surface area contributed by atoms with E-state index in [1.54, 1.807) is 0 Å². The molecule has 2 nitrogen and oxygen atoms in total. The Bertz CT molecular complexity index is 445. The Balaban J connectivity index is 2.25. The van der Waals surface area contributed by atoms with Crippen molar-refractivity contribution in [3.05, 3.63) is 35.9 Å². The molecule has 0 saturated heterocycles. The summed E-state index contributed by atoms with van der Waals surface area (Å²) in [4.78, 5) is 2.32. The van der Waals surface area contributed by atoms with Gasteiger partial charge in [-0.05, 0) is 32.5 Å². The molecule has 2 heteroatoms. The summed E-state index contributed by atoms with van der Waals surface area (Å²) < 4.78 is 0. The van der Waals surface area contributed by atoms with Gasteiger partial charge >= 0.3 is 0 Å². The van der Waals surface area contributed by atoms with Crippen LogP contribution in [0.3, 0.4) is 0 Å². The Morgan fingerprint density at radius 2 is 1.19 bits per heavy atom. The lowest BCUT2D eigenvalue weighted by Crippen LogP contribution is -2.42. The third kappa shape index (κ3) is 9.25. The molecule has 0 amide bonds. The van der Waals surface area contributed by atoms with Crippen molar-refractivity contribution in [2.24, 2.45) is 0 Å². The smallest absolute Gasteiger partial charge is 0.0476 e. The average Bonchev–Trinajstić information content (AvgIpc) is 2.68. The average molecular weight is 376 g/mol. The maximum atomic E-state index is 9.68. The third-order valence-electron chi connectivity index (χ3n) is 6.14. The Hall–Kier alpha value is -0.860. The van der Waals surface area contributed by atoms with Gasteiger partial charge < -0.3 is 5.11 Å². The van der Waals surface area contributed by atoms with E-state index in [4.69, 9.17) is 0 Å². The van der Waals surface area contributed by atoms with Gasteiger partial charge in [0.2, 0.25) is 0 Å². The van der Waals surface area contributed by atoms with Gasteiger partial charge in [-0.15, -0.1) is 0 Å². The lowest BCUT2D eigenvalue weighted by molar-refractivity contribution is 0.0934. The second-order valence-electron chi connectivity index (χ2n) is 8.40. The summed E-state index contributed by atoms with van der Waals surface area (Å²) in [6.45, 7) is 2.53. The molecule has 0 heterocycles.